The van der Waals surface area contributed by atoms with Crippen molar-refractivity contribution in [3.63, 3.8) is 0 Å². The molecule has 0 saturated heterocycles. The molecule has 6 heteroatoms. The Morgan fingerprint density at radius 2 is 1.32 bits per heavy atom. The Kier molecular flexibility index (Phi) is 9.08. The lowest BCUT2D eigenvalue weighted by molar-refractivity contribution is -0.159. The van der Waals surface area contributed by atoms with E-state index in [2.05, 4.69) is 6.92 Å². The van der Waals surface area contributed by atoms with Crippen LogP contribution in [0.15, 0.2) is 0 Å². The van der Waals surface area contributed by atoms with E-state index in [0.717, 1.165) is 11.5 Å². The van der Waals surface area contributed by atoms with E-state index in [1.165, 1.54) is 0 Å². The lowest BCUT2D eigenvalue weighted by Crippen LogP contribution is -2.41. The zero-order valence-corrected chi connectivity index (χ0v) is 15.8. The summed E-state index contributed by atoms with van der Waals surface area (Å²) in [6, 6.07) is 0. The predicted octanol–water partition coefficient (Wildman–Crippen LogP) is 2.72. The largest absolute Gasteiger partial charge is 0.459 e. The Morgan fingerprint density at radius 1 is 0.909 bits per heavy atom. The van der Waals surface area contributed by atoms with Gasteiger partial charge in [-0.15, -0.1) is 0 Å². The van der Waals surface area contributed by atoms with Crippen LogP contribution in [-0.4, -0.2) is 59.2 Å². The number of ether oxygens (including phenoxy) is 2. The molecular formula is C16H31NO4S. The van der Waals surface area contributed by atoms with Crippen molar-refractivity contribution >= 4 is 23.7 Å². The third-order valence-corrected chi connectivity index (χ3v) is 3.18. The van der Waals surface area contributed by atoms with E-state index < -0.39 is 11.2 Å². The van der Waals surface area contributed by atoms with Gasteiger partial charge in [0.1, 0.15) is 11.2 Å². The SMILES string of the molecule is CCSCCN(CC(=O)OC(C)(C)C)CC(=O)OC(C)(C)C. The summed E-state index contributed by atoms with van der Waals surface area (Å²) < 4.78 is 10.6. The van der Waals surface area contributed by atoms with Crippen molar-refractivity contribution in [2.45, 2.75) is 59.7 Å². The molecule has 0 N–H and O–H groups in total. The minimum Gasteiger partial charge on any atom is -0.459 e. The second-order valence-electron chi connectivity index (χ2n) is 7.08. The fourth-order valence-electron chi connectivity index (χ4n) is 1.66. The van der Waals surface area contributed by atoms with Crippen LogP contribution in [0.4, 0.5) is 0 Å². The van der Waals surface area contributed by atoms with Gasteiger partial charge in [0, 0.05) is 12.3 Å². The molecule has 0 radical (unpaired) electrons. The number of hydrogen-bond donors (Lipinski definition) is 0. The second-order valence-corrected chi connectivity index (χ2v) is 8.47. The summed E-state index contributed by atoms with van der Waals surface area (Å²) in [5.41, 5.74) is -1.04. The molecule has 0 spiro atoms. The summed E-state index contributed by atoms with van der Waals surface area (Å²) >= 11 is 1.77. The van der Waals surface area contributed by atoms with E-state index in [-0.39, 0.29) is 25.0 Å². The zero-order chi connectivity index (χ0) is 17.4. The molecule has 0 aromatic heterocycles. The molecule has 0 aromatic carbocycles. The average Bonchev–Trinajstić information content (AvgIpc) is 2.23. The van der Waals surface area contributed by atoms with Crippen molar-refractivity contribution in [2.75, 3.05) is 31.1 Å². The lowest BCUT2D eigenvalue weighted by Gasteiger charge is -2.26. The topological polar surface area (TPSA) is 55.8 Å². The maximum atomic E-state index is 11.9. The van der Waals surface area contributed by atoms with Gasteiger partial charge in [0.2, 0.25) is 0 Å². The highest BCUT2D eigenvalue weighted by Crippen LogP contribution is 2.10. The van der Waals surface area contributed by atoms with E-state index in [4.69, 9.17) is 9.47 Å². The predicted molar refractivity (Wildman–Crippen MR) is 91.1 cm³/mol. The van der Waals surface area contributed by atoms with Crippen LogP contribution in [0, 0.1) is 0 Å². The summed E-state index contributed by atoms with van der Waals surface area (Å²) in [5, 5.41) is 0. The molecule has 5 nitrogen and oxygen atoms in total. The Labute approximate surface area is 139 Å². The van der Waals surface area contributed by atoms with Crippen LogP contribution in [0.2, 0.25) is 0 Å². The maximum absolute atomic E-state index is 11.9. The normalized spacial score (nSPS) is 12.4. The summed E-state index contributed by atoms with van der Waals surface area (Å²) in [6.45, 7) is 13.9. The third kappa shape index (κ3) is 13.0. The van der Waals surface area contributed by atoms with Crippen LogP contribution in [-0.2, 0) is 19.1 Å². The monoisotopic (exact) mass is 333 g/mol. The molecule has 0 bridgehead atoms. The van der Waals surface area contributed by atoms with Gasteiger partial charge in [-0.3, -0.25) is 14.5 Å². The molecule has 130 valence electrons. The van der Waals surface area contributed by atoms with Gasteiger partial charge < -0.3 is 9.47 Å². The van der Waals surface area contributed by atoms with Crippen molar-refractivity contribution in [3.05, 3.63) is 0 Å². The average molecular weight is 333 g/mol. The van der Waals surface area contributed by atoms with E-state index in [1.807, 2.05) is 41.5 Å². The van der Waals surface area contributed by atoms with E-state index in [1.54, 1.807) is 16.7 Å². The zero-order valence-electron chi connectivity index (χ0n) is 15.0. The van der Waals surface area contributed by atoms with E-state index in [0.29, 0.717) is 6.54 Å². The van der Waals surface area contributed by atoms with E-state index in [9.17, 15) is 9.59 Å². The quantitative estimate of drug-likeness (QED) is 0.503. The van der Waals surface area contributed by atoms with Crippen LogP contribution in [0.25, 0.3) is 0 Å². The molecule has 0 aromatic rings. The maximum Gasteiger partial charge on any atom is 0.320 e. The van der Waals surface area contributed by atoms with Crippen molar-refractivity contribution < 1.29 is 19.1 Å². The fraction of sp³-hybridized carbons (Fsp3) is 0.875. The van der Waals surface area contributed by atoms with Crippen molar-refractivity contribution in [2.24, 2.45) is 0 Å². The molecule has 0 aliphatic rings. The number of carbonyl (C=O) groups is 2. The highest BCUT2D eigenvalue weighted by molar-refractivity contribution is 7.99. The fourth-order valence-corrected chi connectivity index (χ4v) is 2.34. The minimum atomic E-state index is -0.521. The molecule has 0 unspecified atom stereocenters. The summed E-state index contributed by atoms with van der Waals surface area (Å²) in [4.78, 5) is 25.7. The number of nitrogens with zero attached hydrogens (tertiary/aromatic N) is 1. The number of rotatable bonds is 8. The molecular weight excluding hydrogens is 302 g/mol. The van der Waals surface area contributed by atoms with Gasteiger partial charge in [-0.05, 0) is 47.3 Å². The van der Waals surface area contributed by atoms with Gasteiger partial charge in [-0.1, -0.05) is 6.92 Å². The summed E-state index contributed by atoms with van der Waals surface area (Å²) in [5.74, 6) is 1.23. The molecule has 0 rings (SSSR count). The van der Waals surface area contributed by atoms with Gasteiger partial charge in [0.05, 0.1) is 13.1 Å². The van der Waals surface area contributed by atoms with Crippen molar-refractivity contribution in [1.29, 1.82) is 0 Å². The molecule has 0 atom stereocenters. The van der Waals surface area contributed by atoms with Crippen LogP contribution < -0.4 is 0 Å². The Balaban J connectivity index is 4.55. The highest BCUT2D eigenvalue weighted by Gasteiger charge is 2.23. The lowest BCUT2D eigenvalue weighted by atomic mass is 10.2. The molecule has 0 aliphatic carbocycles. The summed E-state index contributed by atoms with van der Waals surface area (Å²) in [6.07, 6.45) is 0. The molecule has 0 fully saturated rings. The number of thioether (sulfide) groups is 1. The molecule has 0 heterocycles. The van der Waals surface area contributed by atoms with Gasteiger partial charge in [-0.2, -0.15) is 11.8 Å². The van der Waals surface area contributed by atoms with Gasteiger partial charge in [-0.25, -0.2) is 0 Å². The smallest absolute Gasteiger partial charge is 0.320 e. The number of esters is 2. The van der Waals surface area contributed by atoms with Crippen molar-refractivity contribution in [1.82, 2.24) is 4.90 Å². The Morgan fingerprint density at radius 3 is 1.64 bits per heavy atom. The first kappa shape index (κ1) is 21.2. The van der Waals surface area contributed by atoms with Crippen LogP contribution in [0.5, 0.6) is 0 Å². The van der Waals surface area contributed by atoms with Gasteiger partial charge in [0.15, 0.2) is 0 Å². The Hall–Kier alpha value is -0.750. The first-order valence-electron chi connectivity index (χ1n) is 7.66. The highest BCUT2D eigenvalue weighted by atomic mass is 32.2. The first-order valence-corrected chi connectivity index (χ1v) is 8.82. The number of carbonyl (C=O) groups excluding carboxylic acids is 2. The minimum absolute atomic E-state index is 0.0980. The van der Waals surface area contributed by atoms with Crippen LogP contribution >= 0.6 is 11.8 Å². The van der Waals surface area contributed by atoms with Crippen LogP contribution in [0.1, 0.15) is 48.5 Å². The van der Waals surface area contributed by atoms with Gasteiger partial charge in [0.25, 0.3) is 0 Å². The Bertz CT molecular complexity index is 328. The van der Waals surface area contributed by atoms with Crippen LogP contribution in [0.3, 0.4) is 0 Å². The molecule has 0 saturated carbocycles. The second kappa shape index (κ2) is 9.40. The van der Waals surface area contributed by atoms with Crippen molar-refractivity contribution in [3.8, 4) is 0 Å². The summed E-state index contributed by atoms with van der Waals surface area (Å²) in [7, 11) is 0. The molecule has 22 heavy (non-hydrogen) atoms. The third-order valence-electron chi connectivity index (χ3n) is 2.30. The molecule has 0 aliphatic heterocycles. The van der Waals surface area contributed by atoms with E-state index >= 15 is 0 Å². The first-order chi connectivity index (χ1) is 9.93. The number of hydrogen-bond acceptors (Lipinski definition) is 6. The van der Waals surface area contributed by atoms with Gasteiger partial charge >= 0.3 is 11.9 Å². The standard InChI is InChI=1S/C16H31NO4S/c1-8-22-10-9-17(11-13(18)20-15(2,3)4)12-14(19)21-16(5,6)7/h8-12H2,1-7H3. The molecule has 0 amide bonds.